The number of aryl methyl sites for hydroxylation is 3. The Hall–Kier alpha value is -2.82. The van der Waals surface area contributed by atoms with E-state index in [0.29, 0.717) is 17.1 Å². The fraction of sp³-hybridized carbons (Fsp3) is 0.300. The molecule has 0 heterocycles. The van der Waals surface area contributed by atoms with Gasteiger partial charge in [0, 0.05) is 11.6 Å². The van der Waals surface area contributed by atoms with Crippen molar-refractivity contribution in [1.29, 1.82) is 0 Å². The molecule has 0 amide bonds. The molecule has 132 valence electrons. The molecule has 0 atom stereocenters. The van der Waals surface area contributed by atoms with E-state index in [0.717, 1.165) is 16.7 Å². The van der Waals surface area contributed by atoms with Crippen LogP contribution in [0.25, 0.3) is 0 Å². The summed E-state index contributed by atoms with van der Waals surface area (Å²) in [5, 5.41) is 0. The van der Waals surface area contributed by atoms with Crippen molar-refractivity contribution in [3.05, 3.63) is 58.1 Å². The van der Waals surface area contributed by atoms with Gasteiger partial charge in [0.1, 0.15) is 11.5 Å². The lowest BCUT2D eigenvalue weighted by atomic mass is 9.98. The molecule has 0 N–H and O–H groups in total. The van der Waals surface area contributed by atoms with Crippen LogP contribution in [0.3, 0.4) is 0 Å². The minimum atomic E-state index is -0.605. The number of carbonyl (C=O) groups is 2. The van der Waals surface area contributed by atoms with Crippen molar-refractivity contribution in [2.24, 2.45) is 0 Å². The summed E-state index contributed by atoms with van der Waals surface area (Å²) in [5.74, 6) is 0.112. The van der Waals surface area contributed by atoms with Crippen molar-refractivity contribution in [3.8, 4) is 11.5 Å². The molecule has 2 aromatic rings. The van der Waals surface area contributed by atoms with E-state index in [-0.39, 0.29) is 18.0 Å². The number of Topliss-reactive ketones (excluding diaryl/α,β-unsaturated/α-hetero) is 1. The summed E-state index contributed by atoms with van der Waals surface area (Å²) in [5.41, 5.74) is 3.85. The van der Waals surface area contributed by atoms with Crippen molar-refractivity contribution in [1.82, 2.24) is 0 Å². The molecule has 5 nitrogen and oxygen atoms in total. The first-order valence-electron chi connectivity index (χ1n) is 7.87. The summed E-state index contributed by atoms with van der Waals surface area (Å²) in [4.78, 5) is 24.6. The molecule has 2 rings (SSSR count). The number of rotatable bonds is 6. The van der Waals surface area contributed by atoms with Gasteiger partial charge in [0.05, 0.1) is 19.8 Å². The molecule has 0 radical (unpaired) electrons. The molecule has 5 heteroatoms. The normalized spacial score (nSPS) is 10.3. The van der Waals surface area contributed by atoms with Crippen LogP contribution in [-0.4, -0.2) is 32.6 Å². The van der Waals surface area contributed by atoms with E-state index in [2.05, 4.69) is 0 Å². The Kier molecular flexibility index (Phi) is 5.80. The lowest BCUT2D eigenvalue weighted by Gasteiger charge is -2.11. The Morgan fingerprint density at radius 2 is 1.36 bits per heavy atom. The smallest absolute Gasteiger partial charge is 0.338 e. The number of hydrogen-bond acceptors (Lipinski definition) is 5. The first kappa shape index (κ1) is 18.5. The number of hydrogen-bond donors (Lipinski definition) is 0. The van der Waals surface area contributed by atoms with Crippen LogP contribution in [0.15, 0.2) is 30.3 Å². The number of ether oxygens (including phenoxy) is 3. The lowest BCUT2D eigenvalue weighted by molar-refractivity contribution is 0.0474. The van der Waals surface area contributed by atoms with Crippen LogP contribution < -0.4 is 9.47 Å². The second kappa shape index (κ2) is 7.83. The molecule has 0 unspecified atom stereocenters. The Labute approximate surface area is 147 Å². The van der Waals surface area contributed by atoms with Crippen molar-refractivity contribution >= 4 is 11.8 Å². The number of benzene rings is 2. The fourth-order valence-electron chi connectivity index (χ4n) is 2.48. The average Bonchev–Trinajstić information content (AvgIpc) is 2.61. The van der Waals surface area contributed by atoms with Crippen LogP contribution in [0, 0.1) is 20.8 Å². The van der Waals surface area contributed by atoms with Gasteiger partial charge >= 0.3 is 5.97 Å². The molecular formula is C20H22O5. The van der Waals surface area contributed by atoms with Crippen LogP contribution in [0.1, 0.15) is 37.4 Å². The molecule has 0 saturated heterocycles. The topological polar surface area (TPSA) is 61.8 Å². The minimum Gasteiger partial charge on any atom is -0.497 e. The summed E-state index contributed by atoms with van der Waals surface area (Å²) < 4.78 is 15.4. The van der Waals surface area contributed by atoms with E-state index in [9.17, 15) is 9.59 Å². The van der Waals surface area contributed by atoms with Crippen LogP contribution in [0.4, 0.5) is 0 Å². The van der Waals surface area contributed by atoms with Gasteiger partial charge in [-0.25, -0.2) is 4.79 Å². The molecule has 2 aromatic carbocycles. The molecule has 0 aromatic heterocycles. The summed E-state index contributed by atoms with van der Waals surface area (Å²) in [6.45, 7) is 5.49. The van der Waals surface area contributed by atoms with Crippen LogP contribution in [-0.2, 0) is 4.74 Å². The molecule has 25 heavy (non-hydrogen) atoms. The third kappa shape index (κ3) is 4.38. The maximum absolute atomic E-state index is 12.4. The van der Waals surface area contributed by atoms with Crippen molar-refractivity contribution < 1.29 is 23.8 Å². The monoisotopic (exact) mass is 342 g/mol. The fourth-order valence-corrected chi connectivity index (χ4v) is 2.48. The number of carbonyl (C=O) groups excluding carboxylic acids is 2. The number of esters is 1. The average molecular weight is 342 g/mol. The summed E-state index contributed by atoms with van der Waals surface area (Å²) >= 11 is 0. The number of ketones is 1. The molecule has 0 aliphatic carbocycles. The Morgan fingerprint density at radius 1 is 0.800 bits per heavy atom. The summed E-state index contributed by atoms with van der Waals surface area (Å²) in [6.07, 6.45) is 0. The highest BCUT2D eigenvalue weighted by molar-refractivity contribution is 6.00. The Morgan fingerprint density at radius 3 is 1.92 bits per heavy atom. The lowest BCUT2D eigenvalue weighted by Crippen LogP contribution is -2.15. The van der Waals surface area contributed by atoms with Gasteiger partial charge in [-0.1, -0.05) is 6.07 Å². The van der Waals surface area contributed by atoms with Gasteiger partial charge in [-0.2, -0.15) is 0 Å². The van der Waals surface area contributed by atoms with Gasteiger partial charge in [-0.05, 0) is 55.7 Å². The highest BCUT2D eigenvalue weighted by Crippen LogP contribution is 2.23. The van der Waals surface area contributed by atoms with E-state index in [1.165, 1.54) is 26.4 Å². The van der Waals surface area contributed by atoms with E-state index in [1.54, 1.807) is 6.07 Å². The molecule has 0 fully saturated rings. The maximum atomic E-state index is 12.4. The van der Waals surface area contributed by atoms with Gasteiger partial charge in [-0.3, -0.25) is 4.79 Å². The number of methoxy groups -OCH3 is 2. The zero-order valence-corrected chi connectivity index (χ0v) is 15.1. The van der Waals surface area contributed by atoms with Gasteiger partial charge in [-0.15, -0.1) is 0 Å². The highest BCUT2D eigenvalue weighted by Gasteiger charge is 2.16. The largest absolute Gasteiger partial charge is 0.497 e. The summed E-state index contributed by atoms with van der Waals surface area (Å²) in [6, 6.07) is 8.51. The van der Waals surface area contributed by atoms with Gasteiger partial charge in [0.15, 0.2) is 6.61 Å². The third-order valence-electron chi connectivity index (χ3n) is 4.06. The molecule has 0 saturated carbocycles. The van der Waals surface area contributed by atoms with E-state index >= 15 is 0 Å². The Balaban J connectivity index is 2.12. The van der Waals surface area contributed by atoms with Crippen LogP contribution >= 0.6 is 0 Å². The quantitative estimate of drug-likeness (QED) is 0.592. The van der Waals surface area contributed by atoms with E-state index in [4.69, 9.17) is 14.2 Å². The second-order valence-corrected chi connectivity index (χ2v) is 5.85. The second-order valence-electron chi connectivity index (χ2n) is 5.85. The first-order chi connectivity index (χ1) is 11.8. The zero-order chi connectivity index (χ0) is 18.6. The van der Waals surface area contributed by atoms with Crippen LogP contribution in [0.5, 0.6) is 11.5 Å². The standard InChI is InChI=1S/C20H22O5/c1-12-6-14(3)18(7-13(12)2)19(21)11-25-20(22)15-8-16(23-4)10-17(9-15)24-5/h6-10H,11H2,1-5H3. The minimum absolute atomic E-state index is 0.233. The molecule has 0 aliphatic heterocycles. The molecule has 0 spiro atoms. The first-order valence-corrected chi connectivity index (χ1v) is 7.87. The third-order valence-corrected chi connectivity index (χ3v) is 4.06. The van der Waals surface area contributed by atoms with Gasteiger partial charge in [0.2, 0.25) is 5.78 Å². The van der Waals surface area contributed by atoms with E-state index in [1.807, 2.05) is 32.9 Å². The molecular weight excluding hydrogens is 320 g/mol. The Bertz CT molecular complexity index is 786. The predicted molar refractivity (Wildman–Crippen MR) is 94.8 cm³/mol. The summed E-state index contributed by atoms with van der Waals surface area (Å²) in [7, 11) is 2.99. The SMILES string of the molecule is COc1cc(OC)cc(C(=O)OCC(=O)c2cc(C)c(C)cc2C)c1. The maximum Gasteiger partial charge on any atom is 0.338 e. The van der Waals surface area contributed by atoms with Crippen molar-refractivity contribution in [3.63, 3.8) is 0 Å². The van der Waals surface area contributed by atoms with E-state index < -0.39 is 5.97 Å². The molecule has 0 bridgehead atoms. The van der Waals surface area contributed by atoms with Gasteiger partial charge in [0.25, 0.3) is 0 Å². The van der Waals surface area contributed by atoms with Crippen molar-refractivity contribution in [2.75, 3.05) is 20.8 Å². The predicted octanol–water partition coefficient (Wildman–Crippen LogP) is 3.67. The molecule has 0 aliphatic rings. The van der Waals surface area contributed by atoms with Crippen molar-refractivity contribution in [2.45, 2.75) is 20.8 Å². The zero-order valence-electron chi connectivity index (χ0n) is 15.1. The highest BCUT2D eigenvalue weighted by atomic mass is 16.5. The van der Waals surface area contributed by atoms with Gasteiger partial charge < -0.3 is 14.2 Å². The van der Waals surface area contributed by atoms with Crippen LogP contribution in [0.2, 0.25) is 0 Å².